The van der Waals surface area contributed by atoms with E-state index in [-0.39, 0.29) is 0 Å². The summed E-state index contributed by atoms with van der Waals surface area (Å²) in [6.45, 7) is 1.62. The Morgan fingerprint density at radius 1 is 1.17 bits per heavy atom. The molecular weight excluding hydrogens is 306 g/mol. The van der Waals surface area contributed by atoms with Crippen molar-refractivity contribution in [1.82, 2.24) is 5.32 Å². The third kappa shape index (κ3) is 5.60. The first-order chi connectivity index (χ1) is 11.8. The minimum Gasteiger partial charge on any atom is -0.493 e. The third-order valence-corrected chi connectivity index (χ3v) is 4.14. The van der Waals surface area contributed by atoms with E-state index >= 15 is 0 Å². The number of rotatable bonds is 8. The highest BCUT2D eigenvalue weighted by Gasteiger charge is 2.14. The summed E-state index contributed by atoms with van der Waals surface area (Å²) in [5.74, 6) is 2.11. The van der Waals surface area contributed by atoms with E-state index in [1.165, 1.54) is 25.7 Å². The van der Waals surface area contributed by atoms with Crippen LogP contribution in [0.25, 0.3) is 0 Å². The zero-order valence-corrected chi connectivity index (χ0v) is 14.9. The Morgan fingerprint density at radius 2 is 1.92 bits per heavy atom. The lowest BCUT2D eigenvalue weighted by Crippen LogP contribution is -2.32. The number of hydrogen-bond acceptors (Lipinski definition) is 4. The SMILES string of the molecule is CN=C(NCCCOC1CCCC1)Nc1ccc(OC)c(OC)c1. The molecule has 134 valence electrons. The molecule has 2 rings (SSSR count). The highest BCUT2D eigenvalue weighted by molar-refractivity contribution is 5.93. The van der Waals surface area contributed by atoms with E-state index in [9.17, 15) is 0 Å². The standard InChI is InChI=1S/C18H29N3O3/c1-19-18(20-11-6-12-24-15-7-4-5-8-15)21-14-9-10-16(22-2)17(13-14)23-3/h9-10,13,15H,4-8,11-12H2,1-3H3,(H2,19,20,21). The zero-order chi connectivity index (χ0) is 17.2. The molecule has 1 aliphatic rings. The van der Waals surface area contributed by atoms with Crippen LogP contribution in [0.1, 0.15) is 32.1 Å². The van der Waals surface area contributed by atoms with Gasteiger partial charge in [0.15, 0.2) is 17.5 Å². The lowest BCUT2D eigenvalue weighted by atomic mass is 10.2. The van der Waals surface area contributed by atoms with Crippen LogP contribution in [0.2, 0.25) is 0 Å². The lowest BCUT2D eigenvalue weighted by Gasteiger charge is -2.15. The van der Waals surface area contributed by atoms with Crippen molar-refractivity contribution in [3.8, 4) is 11.5 Å². The van der Waals surface area contributed by atoms with Gasteiger partial charge < -0.3 is 24.8 Å². The molecule has 1 fully saturated rings. The number of methoxy groups -OCH3 is 2. The van der Waals surface area contributed by atoms with Crippen molar-refractivity contribution in [2.24, 2.45) is 4.99 Å². The zero-order valence-electron chi connectivity index (χ0n) is 14.9. The van der Waals surface area contributed by atoms with Crippen LogP contribution in [0.5, 0.6) is 11.5 Å². The number of guanidine groups is 1. The molecule has 0 unspecified atom stereocenters. The number of nitrogens with one attached hydrogen (secondary N) is 2. The van der Waals surface area contributed by atoms with Gasteiger partial charge in [-0.3, -0.25) is 4.99 Å². The highest BCUT2D eigenvalue weighted by Crippen LogP contribution is 2.29. The van der Waals surface area contributed by atoms with E-state index in [1.54, 1.807) is 21.3 Å². The van der Waals surface area contributed by atoms with E-state index in [1.807, 2.05) is 18.2 Å². The van der Waals surface area contributed by atoms with Crippen LogP contribution in [0.4, 0.5) is 5.69 Å². The van der Waals surface area contributed by atoms with E-state index in [0.29, 0.717) is 17.6 Å². The van der Waals surface area contributed by atoms with Crippen LogP contribution in [0.15, 0.2) is 23.2 Å². The maximum Gasteiger partial charge on any atom is 0.195 e. The summed E-state index contributed by atoms with van der Waals surface area (Å²) in [7, 11) is 5.00. The molecule has 1 saturated carbocycles. The van der Waals surface area contributed by atoms with Gasteiger partial charge in [-0.25, -0.2) is 0 Å². The molecule has 0 heterocycles. The fourth-order valence-corrected chi connectivity index (χ4v) is 2.81. The minimum atomic E-state index is 0.481. The van der Waals surface area contributed by atoms with Gasteiger partial charge in [-0.1, -0.05) is 12.8 Å². The summed E-state index contributed by atoms with van der Waals surface area (Å²) in [5, 5.41) is 6.55. The van der Waals surface area contributed by atoms with Gasteiger partial charge in [-0.15, -0.1) is 0 Å². The second-order valence-electron chi connectivity index (χ2n) is 5.82. The van der Waals surface area contributed by atoms with Gasteiger partial charge in [0.25, 0.3) is 0 Å². The number of ether oxygens (including phenoxy) is 3. The van der Waals surface area contributed by atoms with Gasteiger partial charge in [0.2, 0.25) is 0 Å². The molecule has 0 atom stereocenters. The lowest BCUT2D eigenvalue weighted by molar-refractivity contribution is 0.0574. The van der Waals surface area contributed by atoms with Crippen molar-refractivity contribution < 1.29 is 14.2 Å². The largest absolute Gasteiger partial charge is 0.493 e. The molecule has 0 amide bonds. The first-order valence-corrected chi connectivity index (χ1v) is 8.58. The summed E-state index contributed by atoms with van der Waals surface area (Å²) in [5.41, 5.74) is 0.892. The normalized spacial score (nSPS) is 15.4. The molecule has 0 bridgehead atoms. The monoisotopic (exact) mass is 335 g/mol. The van der Waals surface area contributed by atoms with Crippen LogP contribution in [-0.4, -0.2) is 46.5 Å². The van der Waals surface area contributed by atoms with Gasteiger partial charge in [0.1, 0.15) is 0 Å². The van der Waals surface area contributed by atoms with Crippen LogP contribution < -0.4 is 20.1 Å². The van der Waals surface area contributed by atoms with Gasteiger partial charge in [0.05, 0.1) is 20.3 Å². The van der Waals surface area contributed by atoms with Crippen molar-refractivity contribution in [2.45, 2.75) is 38.2 Å². The molecule has 24 heavy (non-hydrogen) atoms. The van der Waals surface area contributed by atoms with E-state index < -0.39 is 0 Å². The number of hydrogen-bond donors (Lipinski definition) is 2. The average molecular weight is 335 g/mol. The highest BCUT2D eigenvalue weighted by atomic mass is 16.5. The van der Waals surface area contributed by atoms with Gasteiger partial charge in [-0.05, 0) is 31.4 Å². The van der Waals surface area contributed by atoms with Gasteiger partial charge in [0, 0.05) is 32.0 Å². The maximum absolute atomic E-state index is 5.86. The molecule has 0 aliphatic heterocycles. The molecule has 6 heteroatoms. The Balaban J connectivity index is 1.73. The first-order valence-electron chi connectivity index (χ1n) is 8.58. The number of nitrogens with zero attached hydrogens (tertiary/aromatic N) is 1. The van der Waals surface area contributed by atoms with Crippen LogP contribution in [0, 0.1) is 0 Å². The Labute approximate surface area is 144 Å². The summed E-state index contributed by atoms with van der Waals surface area (Å²) in [4.78, 5) is 4.24. The fourth-order valence-electron chi connectivity index (χ4n) is 2.81. The van der Waals surface area contributed by atoms with E-state index in [0.717, 1.165) is 31.2 Å². The molecule has 0 saturated heterocycles. The van der Waals surface area contributed by atoms with Gasteiger partial charge in [-0.2, -0.15) is 0 Å². The predicted molar refractivity (Wildman–Crippen MR) is 97.4 cm³/mol. The van der Waals surface area contributed by atoms with Crippen molar-refractivity contribution >= 4 is 11.6 Å². The molecule has 2 N–H and O–H groups in total. The summed E-state index contributed by atoms with van der Waals surface area (Å²) in [6.07, 6.45) is 6.50. The van der Waals surface area contributed by atoms with Crippen molar-refractivity contribution in [3.05, 3.63) is 18.2 Å². The second-order valence-corrected chi connectivity index (χ2v) is 5.82. The van der Waals surface area contributed by atoms with Crippen molar-refractivity contribution in [1.29, 1.82) is 0 Å². The quantitative estimate of drug-likeness (QED) is 0.434. The molecule has 0 spiro atoms. The summed E-state index contributed by atoms with van der Waals surface area (Å²) in [6, 6.07) is 5.68. The number of benzene rings is 1. The molecule has 6 nitrogen and oxygen atoms in total. The molecule has 0 aromatic heterocycles. The Morgan fingerprint density at radius 3 is 2.58 bits per heavy atom. The van der Waals surface area contributed by atoms with Gasteiger partial charge >= 0.3 is 0 Å². The van der Waals surface area contributed by atoms with Crippen LogP contribution in [0.3, 0.4) is 0 Å². The molecule has 1 aliphatic carbocycles. The Kier molecular flexibility index (Phi) is 7.68. The van der Waals surface area contributed by atoms with E-state index in [2.05, 4.69) is 15.6 Å². The second kappa shape index (κ2) is 10.0. The Hall–Kier alpha value is -1.95. The molecule has 1 aromatic carbocycles. The first kappa shape index (κ1) is 18.4. The number of anilines is 1. The minimum absolute atomic E-state index is 0.481. The van der Waals surface area contributed by atoms with Crippen LogP contribution in [-0.2, 0) is 4.74 Å². The predicted octanol–water partition coefficient (Wildman–Crippen LogP) is 3.04. The average Bonchev–Trinajstić information content (AvgIpc) is 3.13. The summed E-state index contributed by atoms with van der Waals surface area (Å²) >= 11 is 0. The maximum atomic E-state index is 5.86. The molecular formula is C18H29N3O3. The van der Waals surface area contributed by atoms with Crippen LogP contribution >= 0.6 is 0 Å². The molecule has 0 radical (unpaired) electrons. The third-order valence-electron chi connectivity index (χ3n) is 4.14. The van der Waals surface area contributed by atoms with Crippen molar-refractivity contribution in [3.63, 3.8) is 0 Å². The smallest absolute Gasteiger partial charge is 0.195 e. The number of aliphatic imine (C=N–C) groups is 1. The van der Waals surface area contributed by atoms with Crippen molar-refractivity contribution in [2.75, 3.05) is 39.7 Å². The topological polar surface area (TPSA) is 64.1 Å². The van der Waals surface area contributed by atoms with E-state index in [4.69, 9.17) is 14.2 Å². The summed E-state index contributed by atoms with van der Waals surface area (Å²) < 4.78 is 16.4. The molecule has 1 aromatic rings. The Bertz CT molecular complexity index is 528. The fraction of sp³-hybridized carbons (Fsp3) is 0.611.